The minimum Gasteiger partial charge on any atom is -0.480 e. The third-order valence-corrected chi connectivity index (χ3v) is 5.07. The number of nitrogens with one attached hydrogen (secondary N) is 1. The Morgan fingerprint density at radius 1 is 0.903 bits per heavy atom. The van der Waals surface area contributed by atoms with Crippen LogP contribution in [0.15, 0.2) is 78.9 Å². The lowest BCUT2D eigenvalue weighted by molar-refractivity contribution is -0.122. The van der Waals surface area contributed by atoms with Gasteiger partial charge in [0.1, 0.15) is 5.75 Å². The maximum Gasteiger partial charge on any atom is 0.265 e. The van der Waals surface area contributed by atoms with Gasteiger partial charge >= 0.3 is 0 Å². The van der Waals surface area contributed by atoms with E-state index in [1.165, 1.54) is 0 Å². The highest BCUT2D eigenvalue weighted by Crippen LogP contribution is 2.23. The highest BCUT2D eigenvalue weighted by molar-refractivity contribution is 6.11. The molecule has 2 amide bonds. The molecule has 0 bridgehead atoms. The molecule has 0 heterocycles. The van der Waals surface area contributed by atoms with Crippen molar-refractivity contribution in [3.05, 3.63) is 90.0 Å². The molecule has 3 aromatic rings. The molecule has 0 spiro atoms. The summed E-state index contributed by atoms with van der Waals surface area (Å²) in [6.07, 6.45) is -0.165. The molecule has 1 atom stereocenters. The van der Waals surface area contributed by atoms with Crippen LogP contribution in [0.2, 0.25) is 0 Å². The predicted molar refractivity (Wildman–Crippen MR) is 125 cm³/mol. The standard InChI is InChI=1S/C26H28N2O3/c1-4-23(31-24-18-12-9-13-19(24)3)25(29)27-22-17-11-10-16-21(22)26(30)28(5-2)20-14-7-6-8-15-20/h6-18,23H,4-5H2,1-3H3,(H,27,29). The Bertz CT molecular complexity index is 1030. The van der Waals surface area contributed by atoms with E-state index >= 15 is 0 Å². The lowest BCUT2D eigenvalue weighted by Gasteiger charge is -2.23. The zero-order chi connectivity index (χ0) is 22.2. The van der Waals surface area contributed by atoms with E-state index in [1.807, 2.05) is 75.4 Å². The van der Waals surface area contributed by atoms with E-state index < -0.39 is 6.10 Å². The summed E-state index contributed by atoms with van der Waals surface area (Å²) in [6.45, 7) is 6.28. The van der Waals surface area contributed by atoms with Crippen LogP contribution in [-0.4, -0.2) is 24.5 Å². The first kappa shape index (κ1) is 22.1. The number of hydrogen-bond acceptors (Lipinski definition) is 3. The monoisotopic (exact) mass is 416 g/mol. The summed E-state index contributed by atoms with van der Waals surface area (Å²) in [6, 6.07) is 24.2. The highest BCUT2D eigenvalue weighted by Gasteiger charge is 2.23. The summed E-state index contributed by atoms with van der Waals surface area (Å²) >= 11 is 0. The van der Waals surface area contributed by atoms with Crippen LogP contribution in [0, 0.1) is 6.92 Å². The molecule has 5 heteroatoms. The summed E-state index contributed by atoms with van der Waals surface area (Å²) in [5, 5.41) is 2.90. The van der Waals surface area contributed by atoms with Crippen LogP contribution < -0.4 is 15.0 Å². The van der Waals surface area contributed by atoms with Gasteiger partial charge in [0.15, 0.2) is 6.10 Å². The first-order valence-electron chi connectivity index (χ1n) is 10.5. The maximum absolute atomic E-state index is 13.3. The summed E-state index contributed by atoms with van der Waals surface area (Å²) in [4.78, 5) is 28.0. The molecular weight excluding hydrogens is 388 g/mol. The van der Waals surface area contributed by atoms with E-state index in [0.29, 0.717) is 30.0 Å². The fourth-order valence-corrected chi connectivity index (χ4v) is 3.35. The van der Waals surface area contributed by atoms with Crippen LogP contribution >= 0.6 is 0 Å². The summed E-state index contributed by atoms with van der Waals surface area (Å²) in [5.41, 5.74) is 2.68. The van der Waals surface area contributed by atoms with Gasteiger partial charge in [0.2, 0.25) is 0 Å². The molecule has 1 N–H and O–H groups in total. The number of ether oxygens (including phenoxy) is 1. The third-order valence-electron chi connectivity index (χ3n) is 5.07. The molecule has 160 valence electrons. The van der Waals surface area contributed by atoms with Gasteiger partial charge in [-0.15, -0.1) is 0 Å². The molecule has 0 saturated carbocycles. The van der Waals surface area contributed by atoms with Gasteiger partial charge in [-0.3, -0.25) is 9.59 Å². The molecule has 0 saturated heterocycles. The van der Waals surface area contributed by atoms with Crippen LogP contribution in [0.25, 0.3) is 0 Å². The summed E-state index contributed by atoms with van der Waals surface area (Å²) in [7, 11) is 0. The van der Waals surface area contributed by atoms with Crippen molar-refractivity contribution in [1.82, 2.24) is 0 Å². The van der Waals surface area contributed by atoms with E-state index in [4.69, 9.17) is 4.74 Å². The number of para-hydroxylation sites is 3. The molecule has 3 rings (SSSR count). The number of rotatable bonds is 8. The van der Waals surface area contributed by atoms with Crippen molar-refractivity contribution in [3.63, 3.8) is 0 Å². The number of amides is 2. The molecule has 1 unspecified atom stereocenters. The fraction of sp³-hybridized carbons (Fsp3) is 0.231. The molecule has 0 aromatic heterocycles. The molecule has 0 aliphatic carbocycles. The van der Waals surface area contributed by atoms with Crippen molar-refractivity contribution >= 4 is 23.2 Å². The van der Waals surface area contributed by atoms with Crippen molar-refractivity contribution < 1.29 is 14.3 Å². The molecular formula is C26H28N2O3. The molecule has 0 radical (unpaired) electrons. The zero-order valence-corrected chi connectivity index (χ0v) is 18.2. The lowest BCUT2D eigenvalue weighted by Crippen LogP contribution is -2.35. The predicted octanol–water partition coefficient (Wildman–Crippen LogP) is 5.46. The average molecular weight is 417 g/mol. The first-order valence-corrected chi connectivity index (χ1v) is 10.5. The van der Waals surface area contributed by atoms with E-state index in [1.54, 1.807) is 29.2 Å². The third kappa shape index (κ3) is 5.31. The molecule has 0 aliphatic heterocycles. The topological polar surface area (TPSA) is 58.6 Å². The minimum absolute atomic E-state index is 0.169. The fourth-order valence-electron chi connectivity index (χ4n) is 3.35. The van der Waals surface area contributed by atoms with E-state index in [2.05, 4.69) is 5.32 Å². The van der Waals surface area contributed by atoms with Crippen LogP contribution in [0.5, 0.6) is 5.75 Å². The molecule has 3 aromatic carbocycles. The molecule has 0 aliphatic rings. The Labute approximate surface area is 183 Å². The average Bonchev–Trinajstić information content (AvgIpc) is 2.80. The normalized spacial score (nSPS) is 11.5. The number of aryl methyl sites for hydroxylation is 1. The van der Waals surface area contributed by atoms with Gasteiger partial charge in [-0.05, 0) is 56.2 Å². The lowest BCUT2D eigenvalue weighted by atomic mass is 10.1. The van der Waals surface area contributed by atoms with Crippen molar-refractivity contribution in [3.8, 4) is 5.75 Å². The SMILES string of the molecule is CCC(Oc1ccccc1C)C(=O)Nc1ccccc1C(=O)N(CC)c1ccccc1. The van der Waals surface area contributed by atoms with Crippen LogP contribution in [-0.2, 0) is 4.79 Å². The Morgan fingerprint density at radius 3 is 2.23 bits per heavy atom. The van der Waals surface area contributed by atoms with Crippen molar-refractivity contribution in [1.29, 1.82) is 0 Å². The quantitative estimate of drug-likeness (QED) is 0.531. The van der Waals surface area contributed by atoms with Gasteiger partial charge in [-0.1, -0.05) is 55.5 Å². The Morgan fingerprint density at radius 2 is 1.55 bits per heavy atom. The van der Waals surface area contributed by atoms with Crippen molar-refractivity contribution in [2.24, 2.45) is 0 Å². The Balaban J connectivity index is 1.81. The van der Waals surface area contributed by atoms with Gasteiger partial charge in [0.05, 0.1) is 11.3 Å². The second-order valence-electron chi connectivity index (χ2n) is 7.20. The van der Waals surface area contributed by atoms with E-state index in [0.717, 1.165) is 11.3 Å². The Hall–Kier alpha value is -3.60. The van der Waals surface area contributed by atoms with Gasteiger partial charge in [0, 0.05) is 12.2 Å². The van der Waals surface area contributed by atoms with Crippen LogP contribution in [0.3, 0.4) is 0 Å². The maximum atomic E-state index is 13.3. The first-order chi connectivity index (χ1) is 15.0. The Kier molecular flexibility index (Phi) is 7.44. The molecule has 0 fully saturated rings. The summed E-state index contributed by atoms with van der Waals surface area (Å²) < 4.78 is 5.96. The van der Waals surface area contributed by atoms with Crippen molar-refractivity contribution in [2.75, 3.05) is 16.8 Å². The molecule has 31 heavy (non-hydrogen) atoms. The molecule has 5 nitrogen and oxygen atoms in total. The van der Waals surface area contributed by atoms with Gasteiger partial charge < -0.3 is 15.0 Å². The second kappa shape index (κ2) is 10.4. The minimum atomic E-state index is -0.666. The summed E-state index contributed by atoms with van der Waals surface area (Å²) in [5.74, 6) is 0.223. The van der Waals surface area contributed by atoms with E-state index in [9.17, 15) is 9.59 Å². The largest absolute Gasteiger partial charge is 0.480 e. The number of hydrogen-bond donors (Lipinski definition) is 1. The van der Waals surface area contributed by atoms with Gasteiger partial charge in [-0.2, -0.15) is 0 Å². The van der Waals surface area contributed by atoms with Crippen molar-refractivity contribution in [2.45, 2.75) is 33.3 Å². The number of carbonyl (C=O) groups excluding carboxylic acids is 2. The number of nitrogens with zero attached hydrogens (tertiary/aromatic N) is 1. The van der Waals surface area contributed by atoms with Crippen LogP contribution in [0.4, 0.5) is 11.4 Å². The van der Waals surface area contributed by atoms with Gasteiger partial charge in [-0.25, -0.2) is 0 Å². The van der Waals surface area contributed by atoms with Gasteiger partial charge in [0.25, 0.3) is 11.8 Å². The number of benzene rings is 3. The number of anilines is 2. The zero-order valence-electron chi connectivity index (χ0n) is 18.2. The smallest absolute Gasteiger partial charge is 0.265 e. The second-order valence-corrected chi connectivity index (χ2v) is 7.20. The highest BCUT2D eigenvalue weighted by atomic mass is 16.5. The van der Waals surface area contributed by atoms with Crippen LogP contribution in [0.1, 0.15) is 36.2 Å². The van der Waals surface area contributed by atoms with E-state index in [-0.39, 0.29) is 11.8 Å². The number of carbonyl (C=O) groups is 2.